The number of nitrogens with one attached hydrogen (secondary N) is 2. The zero-order chi connectivity index (χ0) is 7.90. The van der Waals surface area contributed by atoms with E-state index in [9.17, 15) is 0 Å². The molecule has 2 N–H and O–H groups in total. The van der Waals surface area contributed by atoms with Crippen LogP contribution in [-0.4, -0.2) is 37.4 Å². The topological polar surface area (TPSA) is 33.3 Å². The van der Waals surface area contributed by atoms with Crippen LogP contribution in [0.15, 0.2) is 0 Å². The number of piperazine rings is 1. The summed E-state index contributed by atoms with van der Waals surface area (Å²) in [6.07, 6.45) is 0. The Labute approximate surface area is 67.5 Å². The first-order valence-electron chi connectivity index (χ1n) is 4.26. The largest absolute Gasteiger partial charge is 0.378 e. The smallest absolute Gasteiger partial charge is 0.0636 e. The first-order valence-corrected chi connectivity index (χ1v) is 4.26. The summed E-state index contributed by atoms with van der Waals surface area (Å²) in [5.74, 6) is 0. The van der Waals surface area contributed by atoms with Crippen molar-refractivity contribution in [2.45, 2.75) is 31.5 Å². The molecule has 2 aliphatic heterocycles. The van der Waals surface area contributed by atoms with E-state index >= 15 is 0 Å². The molecule has 0 bridgehead atoms. The lowest BCUT2D eigenvalue weighted by Crippen LogP contribution is -2.65. The van der Waals surface area contributed by atoms with Crippen molar-refractivity contribution in [3.8, 4) is 0 Å². The van der Waals surface area contributed by atoms with Crippen LogP contribution >= 0.6 is 0 Å². The molecule has 2 aliphatic rings. The molecule has 3 heteroatoms. The van der Waals surface area contributed by atoms with E-state index < -0.39 is 0 Å². The number of hydrogen-bond acceptors (Lipinski definition) is 3. The van der Waals surface area contributed by atoms with Gasteiger partial charge in [-0.15, -0.1) is 0 Å². The molecule has 0 radical (unpaired) electrons. The summed E-state index contributed by atoms with van der Waals surface area (Å²) in [6, 6.07) is 1.07. The normalized spacial score (nSPS) is 42.0. The van der Waals surface area contributed by atoms with Crippen molar-refractivity contribution in [1.82, 2.24) is 10.6 Å². The quantitative estimate of drug-likeness (QED) is 0.506. The molecule has 2 fully saturated rings. The van der Waals surface area contributed by atoms with E-state index in [1.807, 2.05) is 0 Å². The van der Waals surface area contributed by atoms with Gasteiger partial charge in [-0.3, -0.25) is 0 Å². The fraction of sp³-hybridized carbons (Fsp3) is 1.00. The average molecular weight is 156 g/mol. The van der Waals surface area contributed by atoms with Gasteiger partial charge in [0.15, 0.2) is 0 Å². The van der Waals surface area contributed by atoms with E-state index in [-0.39, 0.29) is 5.54 Å². The molecule has 0 unspecified atom stereocenters. The van der Waals surface area contributed by atoms with E-state index in [4.69, 9.17) is 4.74 Å². The van der Waals surface area contributed by atoms with Gasteiger partial charge in [-0.2, -0.15) is 0 Å². The maximum absolute atomic E-state index is 5.36. The molecular formula is C8H16N2O. The molecule has 2 atom stereocenters. The Balaban J connectivity index is 2.02. The summed E-state index contributed by atoms with van der Waals surface area (Å²) < 4.78 is 5.36. The third-order valence-corrected chi connectivity index (χ3v) is 2.46. The molecule has 0 aromatic rings. The van der Waals surface area contributed by atoms with Crippen LogP contribution in [0.2, 0.25) is 0 Å². The van der Waals surface area contributed by atoms with Crippen molar-refractivity contribution < 1.29 is 4.74 Å². The van der Waals surface area contributed by atoms with Crippen LogP contribution in [0.4, 0.5) is 0 Å². The van der Waals surface area contributed by atoms with Gasteiger partial charge in [0.2, 0.25) is 0 Å². The second-order valence-electron chi connectivity index (χ2n) is 4.16. The predicted molar refractivity (Wildman–Crippen MR) is 43.6 cm³/mol. The standard InChI is InChI=1S/C8H16N2O/c1-8(2)5-9-6-3-11-4-7(6)10-8/h6-7,9-10H,3-5H2,1-2H3/t6-,7-/m0/s1. The minimum absolute atomic E-state index is 0.231. The molecule has 0 spiro atoms. The van der Waals surface area contributed by atoms with Crippen LogP contribution in [0.5, 0.6) is 0 Å². The number of fused-ring (bicyclic) bond motifs is 1. The van der Waals surface area contributed by atoms with Crippen molar-refractivity contribution >= 4 is 0 Å². The molecule has 2 rings (SSSR count). The second kappa shape index (κ2) is 2.44. The van der Waals surface area contributed by atoms with Crippen LogP contribution in [0.3, 0.4) is 0 Å². The fourth-order valence-corrected chi connectivity index (χ4v) is 1.84. The summed E-state index contributed by atoms with van der Waals surface area (Å²) >= 11 is 0. The van der Waals surface area contributed by atoms with Crippen LogP contribution < -0.4 is 10.6 Å². The lowest BCUT2D eigenvalue weighted by atomic mass is 9.97. The first kappa shape index (κ1) is 7.53. The van der Waals surface area contributed by atoms with Crippen molar-refractivity contribution in [1.29, 1.82) is 0 Å². The van der Waals surface area contributed by atoms with E-state index in [0.29, 0.717) is 12.1 Å². The SMILES string of the molecule is CC1(C)CN[C@H]2COC[C@@H]2N1. The Kier molecular flexibility index (Phi) is 1.67. The molecule has 3 nitrogen and oxygen atoms in total. The lowest BCUT2D eigenvalue weighted by Gasteiger charge is -2.38. The molecule has 2 saturated heterocycles. The molecule has 0 aromatic carbocycles. The summed E-state index contributed by atoms with van der Waals surface area (Å²) in [7, 11) is 0. The Hall–Kier alpha value is -0.120. The zero-order valence-electron chi connectivity index (χ0n) is 7.18. The molecule has 0 aromatic heterocycles. The second-order valence-corrected chi connectivity index (χ2v) is 4.16. The van der Waals surface area contributed by atoms with Gasteiger partial charge in [0.1, 0.15) is 0 Å². The lowest BCUT2D eigenvalue weighted by molar-refractivity contribution is 0.186. The number of rotatable bonds is 0. The van der Waals surface area contributed by atoms with E-state index in [1.165, 1.54) is 0 Å². The van der Waals surface area contributed by atoms with Crippen LogP contribution in [-0.2, 0) is 4.74 Å². The maximum Gasteiger partial charge on any atom is 0.0636 e. The third kappa shape index (κ3) is 1.41. The Morgan fingerprint density at radius 2 is 2.00 bits per heavy atom. The van der Waals surface area contributed by atoms with Crippen LogP contribution in [0.25, 0.3) is 0 Å². The average Bonchev–Trinajstić information content (AvgIpc) is 2.31. The Morgan fingerprint density at radius 3 is 2.82 bits per heavy atom. The van der Waals surface area contributed by atoms with Gasteiger partial charge in [-0.1, -0.05) is 0 Å². The highest BCUT2D eigenvalue weighted by Crippen LogP contribution is 2.15. The van der Waals surface area contributed by atoms with E-state index in [1.54, 1.807) is 0 Å². The third-order valence-electron chi connectivity index (χ3n) is 2.46. The van der Waals surface area contributed by atoms with E-state index in [0.717, 1.165) is 19.8 Å². The first-order chi connectivity index (χ1) is 5.17. The Bertz CT molecular complexity index is 158. The van der Waals surface area contributed by atoms with Gasteiger partial charge in [0, 0.05) is 24.2 Å². The van der Waals surface area contributed by atoms with Gasteiger partial charge in [0.05, 0.1) is 13.2 Å². The van der Waals surface area contributed by atoms with Crippen molar-refractivity contribution in [3.63, 3.8) is 0 Å². The van der Waals surface area contributed by atoms with Crippen LogP contribution in [0.1, 0.15) is 13.8 Å². The fourth-order valence-electron chi connectivity index (χ4n) is 1.84. The van der Waals surface area contributed by atoms with Crippen molar-refractivity contribution in [2.75, 3.05) is 19.8 Å². The predicted octanol–water partition coefficient (Wildman–Crippen LogP) is -0.275. The Morgan fingerprint density at radius 1 is 1.27 bits per heavy atom. The molecule has 2 heterocycles. The summed E-state index contributed by atoms with van der Waals surface area (Å²) in [6.45, 7) is 7.20. The van der Waals surface area contributed by atoms with Crippen molar-refractivity contribution in [2.24, 2.45) is 0 Å². The van der Waals surface area contributed by atoms with Gasteiger partial charge in [-0.25, -0.2) is 0 Å². The van der Waals surface area contributed by atoms with Gasteiger partial charge in [-0.05, 0) is 13.8 Å². The van der Waals surface area contributed by atoms with Crippen LogP contribution in [0, 0.1) is 0 Å². The highest BCUT2D eigenvalue weighted by atomic mass is 16.5. The van der Waals surface area contributed by atoms with Gasteiger partial charge >= 0.3 is 0 Å². The highest BCUT2D eigenvalue weighted by molar-refractivity contribution is 4.99. The summed E-state index contributed by atoms with van der Waals surface area (Å²) in [5, 5.41) is 7.05. The summed E-state index contributed by atoms with van der Waals surface area (Å²) in [5.41, 5.74) is 0.231. The molecule has 64 valence electrons. The molecule has 0 saturated carbocycles. The number of hydrogen-bond donors (Lipinski definition) is 2. The monoisotopic (exact) mass is 156 g/mol. The molecule has 0 aliphatic carbocycles. The van der Waals surface area contributed by atoms with E-state index in [2.05, 4.69) is 24.5 Å². The molecule has 11 heavy (non-hydrogen) atoms. The molecule has 0 amide bonds. The minimum Gasteiger partial charge on any atom is -0.378 e. The molecular weight excluding hydrogens is 140 g/mol. The highest BCUT2D eigenvalue weighted by Gasteiger charge is 2.37. The minimum atomic E-state index is 0.231. The van der Waals surface area contributed by atoms with Crippen molar-refractivity contribution in [3.05, 3.63) is 0 Å². The maximum atomic E-state index is 5.36. The van der Waals surface area contributed by atoms with Gasteiger partial charge in [0.25, 0.3) is 0 Å². The van der Waals surface area contributed by atoms with Gasteiger partial charge < -0.3 is 15.4 Å². The number of ether oxygens (including phenoxy) is 1. The summed E-state index contributed by atoms with van der Waals surface area (Å²) in [4.78, 5) is 0. The zero-order valence-corrected chi connectivity index (χ0v) is 7.18.